The van der Waals surface area contributed by atoms with E-state index in [1.165, 1.54) is 12.8 Å². The highest BCUT2D eigenvalue weighted by atomic mass is 32.1. The highest BCUT2D eigenvalue weighted by Gasteiger charge is 2.22. The second-order valence-electron chi connectivity index (χ2n) is 4.88. The molecule has 1 fully saturated rings. The van der Waals surface area contributed by atoms with Gasteiger partial charge in [-0.1, -0.05) is 12.8 Å². The third-order valence-electron chi connectivity index (χ3n) is 3.36. The minimum absolute atomic E-state index is 0.0378. The monoisotopic (exact) mass is 279 g/mol. The minimum atomic E-state index is -0.734. The number of nitrogens with two attached hydrogens (primary N) is 1. The number of amides is 1. The van der Waals surface area contributed by atoms with Crippen LogP contribution in [0.3, 0.4) is 0 Å². The Morgan fingerprint density at radius 3 is 3.00 bits per heavy atom. The summed E-state index contributed by atoms with van der Waals surface area (Å²) in [5.41, 5.74) is 6.07. The van der Waals surface area contributed by atoms with Gasteiger partial charge >= 0.3 is 0 Å². The lowest BCUT2D eigenvalue weighted by Gasteiger charge is -1.96. The summed E-state index contributed by atoms with van der Waals surface area (Å²) in [6.07, 6.45) is 6.26. The standard InChI is InChI=1S/C13H14FN3OS/c14-11-8(6-19-12(11)13(15)18)9-5-16-10(17-9)4-3-7-1-2-7/h5-7H,1-4H2,(H2,15,18)(H,16,17). The molecule has 6 heteroatoms. The molecule has 0 spiro atoms. The van der Waals surface area contributed by atoms with Gasteiger partial charge in [-0.25, -0.2) is 9.37 Å². The molecule has 0 bridgehead atoms. The zero-order valence-corrected chi connectivity index (χ0v) is 11.1. The van der Waals surface area contributed by atoms with Gasteiger partial charge in [-0.05, 0) is 12.3 Å². The predicted molar refractivity (Wildman–Crippen MR) is 71.4 cm³/mol. The molecule has 4 nitrogen and oxygen atoms in total. The number of aromatic nitrogens is 2. The Labute approximate surface area is 113 Å². The Bertz CT molecular complexity index is 615. The summed E-state index contributed by atoms with van der Waals surface area (Å²) in [5.74, 6) is 0.415. The highest BCUT2D eigenvalue weighted by molar-refractivity contribution is 7.12. The summed E-state index contributed by atoms with van der Waals surface area (Å²) in [6, 6.07) is 0. The SMILES string of the molecule is NC(=O)c1scc(-c2cnc(CCC3CC3)[nH]2)c1F. The number of carbonyl (C=O) groups excluding carboxylic acids is 1. The normalized spacial score (nSPS) is 14.8. The van der Waals surface area contributed by atoms with Crippen LogP contribution >= 0.6 is 11.3 Å². The number of aryl methyl sites for hydroxylation is 1. The molecule has 0 saturated heterocycles. The lowest BCUT2D eigenvalue weighted by molar-refractivity contribution is 0.100. The minimum Gasteiger partial charge on any atom is -0.365 e. The third kappa shape index (κ3) is 2.53. The number of hydrogen-bond donors (Lipinski definition) is 2. The molecule has 1 amide bonds. The van der Waals surface area contributed by atoms with Crippen LogP contribution in [0.2, 0.25) is 0 Å². The molecule has 2 aromatic heterocycles. The molecule has 0 unspecified atom stereocenters. The van der Waals surface area contributed by atoms with Crippen LogP contribution in [-0.2, 0) is 6.42 Å². The fraction of sp³-hybridized carbons (Fsp3) is 0.385. The summed E-state index contributed by atoms with van der Waals surface area (Å²) in [6.45, 7) is 0. The number of rotatable bonds is 5. The van der Waals surface area contributed by atoms with E-state index >= 15 is 0 Å². The zero-order valence-electron chi connectivity index (χ0n) is 10.3. The summed E-state index contributed by atoms with van der Waals surface area (Å²) < 4.78 is 14.0. The summed E-state index contributed by atoms with van der Waals surface area (Å²) in [4.78, 5) is 18.3. The molecule has 3 rings (SSSR count). The van der Waals surface area contributed by atoms with Crippen LogP contribution in [0.5, 0.6) is 0 Å². The number of H-pyrrole nitrogens is 1. The molecule has 100 valence electrons. The fourth-order valence-corrected chi connectivity index (χ4v) is 2.86. The van der Waals surface area contributed by atoms with Gasteiger partial charge in [-0.2, -0.15) is 0 Å². The van der Waals surface area contributed by atoms with Gasteiger partial charge in [0, 0.05) is 17.4 Å². The molecule has 0 radical (unpaired) electrons. The maximum atomic E-state index is 14.0. The number of carbonyl (C=O) groups is 1. The van der Waals surface area contributed by atoms with E-state index in [-0.39, 0.29) is 4.88 Å². The average Bonchev–Trinajstić information content (AvgIpc) is 2.95. The van der Waals surface area contributed by atoms with E-state index in [9.17, 15) is 9.18 Å². The fourth-order valence-electron chi connectivity index (χ4n) is 2.07. The van der Waals surface area contributed by atoms with Crippen molar-refractivity contribution in [3.63, 3.8) is 0 Å². The Balaban J connectivity index is 1.79. The van der Waals surface area contributed by atoms with Gasteiger partial charge < -0.3 is 10.7 Å². The van der Waals surface area contributed by atoms with Gasteiger partial charge in [0.1, 0.15) is 10.7 Å². The van der Waals surface area contributed by atoms with E-state index in [4.69, 9.17) is 5.73 Å². The van der Waals surface area contributed by atoms with Crippen molar-refractivity contribution >= 4 is 17.2 Å². The van der Waals surface area contributed by atoms with Crippen LogP contribution in [0.4, 0.5) is 4.39 Å². The number of primary amides is 1. The first-order valence-electron chi connectivity index (χ1n) is 6.26. The second-order valence-corrected chi connectivity index (χ2v) is 5.76. The largest absolute Gasteiger partial charge is 0.365 e. The Kier molecular flexibility index (Phi) is 3.10. The van der Waals surface area contributed by atoms with Crippen LogP contribution in [0, 0.1) is 11.7 Å². The van der Waals surface area contributed by atoms with Gasteiger partial charge in [0.25, 0.3) is 5.91 Å². The van der Waals surface area contributed by atoms with Crippen LogP contribution in [0.25, 0.3) is 11.3 Å². The van der Waals surface area contributed by atoms with Crippen molar-refractivity contribution in [1.82, 2.24) is 9.97 Å². The number of hydrogen-bond acceptors (Lipinski definition) is 3. The number of imidazole rings is 1. The van der Waals surface area contributed by atoms with Gasteiger partial charge in [0.05, 0.1) is 11.9 Å². The van der Waals surface area contributed by atoms with E-state index in [0.717, 1.165) is 35.9 Å². The lowest BCUT2D eigenvalue weighted by atomic mass is 10.2. The highest BCUT2D eigenvalue weighted by Crippen LogP contribution is 2.33. The average molecular weight is 279 g/mol. The summed E-state index contributed by atoms with van der Waals surface area (Å²) in [7, 11) is 0. The second kappa shape index (κ2) is 4.77. The van der Waals surface area contributed by atoms with Crippen molar-refractivity contribution in [2.24, 2.45) is 11.7 Å². The van der Waals surface area contributed by atoms with E-state index < -0.39 is 11.7 Å². The lowest BCUT2D eigenvalue weighted by Crippen LogP contribution is -2.10. The Hall–Kier alpha value is -1.69. The van der Waals surface area contributed by atoms with Gasteiger partial charge in [0.15, 0.2) is 5.82 Å². The first-order chi connectivity index (χ1) is 9.15. The molecule has 3 N–H and O–H groups in total. The molecule has 0 aliphatic heterocycles. The van der Waals surface area contributed by atoms with Crippen molar-refractivity contribution in [3.05, 3.63) is 28.1 Å². The zero-order chi connectivity index (χ0) is 13.4. The molecule has 1 saturated carbocycles. The Morgan fingerprint density at radius 1 is 1.58 bits per heavy atom. The molecule has 1 aliphatic carbocycles. The summed E-state index contributed by atoms with van der Waals surface area (Å²) in [5, 5.41) is 1.59. The third-order valence-corrected chi connectivity index (χ3v) is 4.33. The van der Waals surface area contributed by atoms with Crippen molar-refractivity contribution in [2.45, 2.75) is 25.7 Å². The molecule has 0 atom stereocenters. The number of halogens is 1. The van der Waals surface area contributed by atoms with E-state index in [1.54, 1.807) is 11.6 Å². The maximum Gasteiger partial charge on any atom is 0.261 e. The number of aromatic amines is 1. The maximum absolute atomic E-state index is 14.0. The number of nitrogens with zero attached hydrogens (tertiary/aromatic N) is 1. The number of thiophene rings is 1. The summed E-state index contributed by atoms with van der Waals surface area (Å²) >= 11 is 1.02. The van der Waals surface area contributed by atoms with Crippen molar-refractivity contribution < 1.29 is 9.18 Å². The van der Waals surface area contributed by atoms with Crippen molar-refractivity contribution in [1.29, 1.82) is 0 Å². The van der Waals surface area contributed by atoms with Gasteiger partial charge in [-0.3, -0.25) is 4.79 Å². The number of nitrogens with one attached hydrogen (secondary N) is 1. The molecule has 0 aromatic carbocycles. The van der Waals surface area contributed by atoms with E-state index in [2.05, 4.69) is 9.97 Å². The van der Waals surface area contributed by atoms with Crippen LogP contribution in [-0.4, -0.2) is 15.9 Å². The molecule has 2 heterocycles. The van der Waals surface area contributed by atoms with E-state index in [1.807, 2.05) is 0 Å². The Morgan fingerprint density at radius 2 is 2.37 bits per heavy atom. The van der Waals surface area contributed by atoms with Crippen LogP contribution < -0.4 is 5.73 Å². The van der Waals surface area contributed by atoms with Gasteiger partial charge in [0.2, 0.25) is 0 Å². The smallest absolute Gasteiger partial charge is 0.261 e. The van der Waals surface area contributed by atoms with Crippen LogP contribution in [0.1, 0.15) is 34.8 Å². The first kappa shape index (κ1) is 12.3. The first-order valence-corrected chi connectivity index (χ1v) is 7.14. The van der Waals surface area contributed by atoms with Crippen molar-refractivity contribution in [2.75, 3.05) is 0 Å². The predicted octanol–water partition coefficient (Wildman–Crippen LogP) is 2.72. The van der Waals surface area contributed by atoms with E-state index in [0.29, 0.717) is 11.3 Å². The van der Waals surface area contributed by atoms with Crippen LogP contribution in [0.15, 0.2) is 11.6 Å². The van der Waals surface area contributed by atoms with Gasteiger partial charge in [-0.15, -0.1) is 11.3 Å². The molecule has 19 heavy (non-hydrogen) atoms. The molecular weight excluding hydrogens is 265 g/mol. The molecular formula is C13H14FN3OS. The molecule has 2 aromatic rings. The van der Waals surface area contributed by atoms with Crippen molar-refractivity contribution in [3.8, 4) is 11.3 Å². The molecule has 1 aliphatic rings. The quantitative estimate of drug-likeness (QED) is 0.883. The topological polar surface area (TPSA) is 71.8 Å².